The van der Waals surface area contributed by atoms with Gasteiger partial charge in [0.2, 0.25) is 0 Å². The van der Waals surface area contributed by atoms with Crippen LogP contribution in [-0.4, -0.2) is 17.5 Å². The molecular weight excluding hydrogens is 226 g/mol. The fourth-order valence-electron chi connectivity index (χ4n) is 1.18. The fraction of sp³-hybridized carbons (Fsp3) is 0.500. The van der Waals surface area contributed by atoms with Gasteiger partial charge in [0.05, 0.1) is 0 Å². The summed E-state index contributed by atoms with van der Waals surface area (Å²) >= 11 is 7.70. The van der Waals surface area contributed by atoms with Crippen LogP contribution in [-0.2, 0) is 6.54 Å². The molecule has 0 aliphatic rings. The summed E-state index contributed by atoms with van der Waals surface area (Å²) in [6, 6.07) is 7.97. The van der Waals surface area contributed by atoms with E-state index in [1.807, 2.05) is 23.9 Å². The van der Waals surface area contributed by atoms with E-state index in [-0.39, 0.29) is 0 Å². The van der Waals surface area contributed by atoms with Gasteiger partial charge < -0.3 is 5.32 Å². The SMILES string of the molecule is CSC(C)(C)CNCc1ccc(Cl)cc1. The third kappa shape index (κ3) is 4.92. The zero-order valence-corrected chi connectivity index (χ0v) is 11.1. The molecule has 0 aromatic heterocycles. The van der Waals surface area contributed by atoms with E-state index in [1.165, 1.54) is 5.56 Å². The van der Waals surface area contributed by atoms with Gasteiger partial charge in [-0.1, -0.05) is 23.7 Å². The summed E-state index contributed by atoms with van der Waals surface area (Å²) in [5.41, 5.74) is 1.27. The molecule has 0 bridgehead atoms. The average molecular weight is 244 g/mol. The predicted molar refractivity (Wildman–Crippen MR) is 70.8 cm³/mol. The van der Waals surface area contributed by atoms with Crippen molar-refractivity contribution >= 4 is 23.4 Å². The Labute approximate surface area is 102 Å². The molecule has 1 aromatic carbocycles. The Balaban J connectivity index is 2.35. The molecule has 1 aromatic rings. The maximum absolute atomic E-state index is 5.82. The molecule has 0 atom stereocenters. The van der Waals surface area contributed by atoms with E-state index in [4.69, 9.17) is 11.6 Å². The molecule has 84 valence electrons. The van der Waals surface area contributed by atoms with Crippen LogP contribution in [0.25, 0.3) is 0 Å². The number of hydrogen-bond acceptors (Lipinski definition) is 2. The Morgan fingerprint density at radius 1 is 1.27 bits per heavy atom. The fourth-order valence-corrected chi connectivity index (χ4v) is 1.55. The smallest absolute Gasteiger partial charge is 0.0406 e. The summed E-state index contributed by atoms with van der Waals surface area (Å²) in [6.45, 7) is 6.40. The monoisotopic (exact) mass is 243 g/mol. The average Bonchev–Trinajstić information content (AvgIpc) is 2.21. The van der Waals surface area contributed by atoms with Crippen LogP contribution in [0.5, 0.6) is 0 Å². The Morgan fingerprint density at radius 2 is 1.87 bits per heavy atom. The van der Waals surface area contributed by atoms with Crippen molar-refractivity contribution < 1.29 is 0 Å². The van der Waals surface area contributed by atoms with Gasteiger partial charge in [0.25, 0.3) is 0 Å². The van der Waals surface area contributed by atoms with Gasteiger partial charge >= 0.3 is 0 Å². The Kier molecular flexibility index (Phi) is 4.97. The Hall–Kier alpha value is -0.180. The number of rotatable bonds is 5. The molecule has 15 heavy (non-hydrogen) atoms. The Bertz CT molecular complexity index is 295. The highest BCUT2D eigenvalue weighted by molar-refractivity contribution is 7.99. The van der Waals surface area contributed by atoms with E-state index >= 15 is 0 Å². The maximum atomic E-state index is 5.82. The van der Waals surface area contributed by atoms with Crippen molar-refractivity contribution in [3.05, 3.63) is 34.9 Å². The predicted octanol–water partition coefficient (Wildman–Crippen LogP) is 3.57. The van der Waals surface area contributed by atoms with Crippen LogP contribution in [0.15, 0.2) is 24.3 Å². The highest BCUT2D eigenvalue weighted by Gasteiger charge is 2.14. The molecule has 1 N–H and O–H groups in total. The first-order chi connectivity index (χ1) is 7.03. The number of thioether (sulfide) groups is 1. The maximum Gasteiger partial charge on any atom is 0.0406 e. The molecule has 0 aliphatic heterocycles. The largest absolute Gasteiger partial charge is 0.311 e. The van der Waals surface area contributed by atoms with E-state index in [2.05, 4.69) is 37.6 Å². The van der Waals surface area contributed by atoms with Crippen molar-refractivity contribution in [1.82, 2.24) is 5.32 Å². The summed E-state index contributed by atoms with van der Waals surface area (Å²) in [6.07, 6.45) is 2.14. The lowest BCUT2D eigenvalue weighted by Gasteiger charge is -2.22. The highest BCUT2D eigenvalue weighted by atomic mass is 35.5. The van der Waals surface area contributed by atoms with Crippen LogP contribution in [0.2, 0.25) is 5.02 Å². The lowest BCUT2D eigenvalue weighted by Crippen LogP contribution is -2.31. The second-order valence-electron chi connectivity index (χ2n) is 4.19. The number of benzene rings is 1. The second-order valence-corrected chi connectivity index (χ2v) is 6.14. The molecule has 3 heteroatoms. The van der Waals surface area contributed by atoms with Crippen molar-refractivity contribution in [2.75, 3.05) is 12.8 Å². The van der Waals surface area contributed by atoms with Gasteiger partial charge in [0.1, 0.15) is 0 Å². The molecule has 0 saturated carbocycles. The molecule has 1 nitrogen and oxygen atoms in total. The molecule has 0 saturated heterocycles. The first-order valence-corrected chi connectivity index (χ1v) is 6.64. The molecule has 0 aliphatic carbocycles. The minimum absolute atomic E-state index is 0.298. The third-order valence-corrected chi connectivity index (χ3v) is 3.85. The molecule has 0 unspecified atom stereocenters. The van der Waals surface area contributed by atoms with E-state index in [0.29, 0.717) is 4.75 Å². The van der Waals surface area contributed by atoms with Crippen LogP contribution in [0, 0.1) is 0 Å². The number of hydrogen-bond donors (Lipinski definition) is 1. The van der Waals surface area contributed by atoms with Crippen molar-refractivity contribution in [1.29, 1.82) is 0 Å². The molecule has 0 radical (unpaired) electrons. The number of nitrogens with one attached hydrogen (secondary N) is 1. The van der Waals surface area contributed by atoms with E-state index in [0.717, 1.165) is 18.1 Å². The van der Waals surface area contributed by atoms with Crippen LogP contribution < -0.4 is 5.32 Å². The van der Waals surface area contributed by atoms with Gasteiger partial charge in [-0.3, -0.25) is 0 Å². The summed E-state index contributed by atoms with van der Waals surface area (Å²) < 4.78 is 0.298. The minimum Gasteiger partial charge on any atom is -0.311 e. The lowest BCUT2D eigenvalue weighted by atomic mass is 10.2. The minimum atomic E-state index is 0.298. The topological polar surface area (TPSA) is 12.0 Å². The standard InChI is InChI=1S/C12H18ClNS/c1-12(2,15-3)9-14-8-10-4-6-11(13)7-5-10/h4-7,14H,8-9H2,1-3H3. The zero-order valence-electron chi connectivity index (χ0n) is 9.51. The zero-order chi connectivity index (χ0) is 11.3. The molecule has 0 spiro atoms. The molecule has 1 rings (SSSR count). The lowest BCUT2D eigenvalue weighted by molar-refractivity contribution is 0.591. The Morgan fingerprint density at radius 3 is 2.40 bits per heavy atom. The summed E-state index contributed by atoms with van der Waals surface area (Å²) in [5, 5.41) is 4.24. The van der Waals surface area contributed by atoms with Gasteiger partial charge in [0, 0.05) is 22.9 Å². The highest BCUT2D eigenvalue weighted by Crippen LogP contribution is 2.19. The summed E-state index contributed by atoms with van der Waals surface area (Å²) in [5.74, 6) is 0. The molecule has 0 heterocycles. The quantitative estimate of drug-likeness (QED) is 0.849. The van der Waals surface area contributed by atoms with Crippen molar-refractivity contribution in [3.63, 3.8) is 0 Å². The van der Waals surface area contributed by atoms with Crippen LogP contribution in [0.3, 0.4) is 0 Å². The van der Waals surface area contributed by atoms with Gasteiger partial charge in [-0.05, 0) is 37.8 Å². The van der Waals surface area contributed by atoms with Gasteiger partial charge in [-0.2, -0.15) is 11.8 Å². The van der Waals surface area contributed by atoms with Crippen LogP contribution in [0.1, 0.15) is 19.4 Å². The third-order valence-electron chi connectivity index (χ3n) is 2.35. The van der Waals surface area contributed by atoms with E-state index in [1.54, 1.807) is 0 Å². The van der Waals surface area contributed by atoms with Crippen LogP contribution in [0.4, 0.5) is 0 Å². The summed E-state index contributed by atoms with van der Waals surface area (Å²) in [4.78, 5) is 0. The molecular formula is C12H18ClNS. The van der Waals surface area contributed by atoms with E-state index < -0.39 is 0 Å². The van der Waals surface area contributed by atoms with E-state index in [9.17, 15) is 0 Å². The second kappa shape index (κ2) is 5.78. The van der Waals surface area contributed by atoms with Gasteiger partial charge in [-0.25, -0.2) is 0 Å². The molecule has 0 fully saturated rings. The normalized spacial score (nSPS) is 11.7. The van der Waals surface area contributed by atoms with Gasteiger partial charge in [-0.15, -0.1) is 0 Å². The van der Waals surface area contributed by atoms with Crippen molar-refractivity contribution in [2.24, 2.45) is 0 Å². The van der Waals surface area contributed by atoms with Gasteiger partial charge in [0.15, 0.2) is 0 Å². The van der Waals surface area contributed by atoms with Crippen molar-refractivity contribution in [3.8, 4) is 0 Å². The number of halogens is 1. The van der Waals surface area contributed by atoms with Crippen molar-refractivity contribution in [2.45, 2.75) is 25.1 Å². The first kappa shape index (κ1) is 12.9. The molecule has 0 amide bonds. The first-order valence-electron chi connectivity index (χ1n) is 5.04. The van der Waals surface area contributed by atoms with Crippen LogP contribution >= 0.6 is 23.4 Å². The summed E-state index contributed by atoms with van der Waals surface area (Å²) in [7, 11) is 0.